The second-order valence-corrected chi connectivity index (χ2v) is 2.77. The quantitative estimate of drug-likeness (QED) is 0.623. The summed E-state index contributed by atoms with van der Waals surface area (Å²) in [4.78, 5) is 0. The lowest BCUT2D eigenvalue weighted by Crippen LogP contribution is -1.79. The van der Waals surface area contributed by atoms with Gasteiger partial charge in [0.1, 0.15) is 0 Å². The minimum Gasteiger partial charge on any atom is -0.193 e. The zero-order valence-corrected chi connectivity index (χ0v) is 7.62. The first-order chi connectivity index (χ1) is 6.27. The van der Waals surface area contributed by atoms with Gasteiger partial charge in [-0.05, 0) is 24.1 Å². The maximum absolute atomic E-state index is 8.62. The molecule has 0 heterocycles. The Hall–Kier alpha value is -1.81. The minimum absolute atomic E-state index is 0.703. The van der Waals surface area contributed by atoms with E-state index in [0.717, 1.165) is 11.1 Å². The zero-order chi connectivity index (χ0) is 9.68. The van der Waals surface area contributed by atoms with Gasteiger partial charge in [0, 0.05) is 5.57 Å². The van der Waals surface area contributed by atoms with Crippen molar-refractivity contribution >= 4 is 12.2 Å². The average molecular weight is 169 g/mol. The predicted octanol–water partition coefficient (Wildman–Crippen LogP) is 3.26. The van der Waals surface area contributed by atoms with Crippen LogP contribution in [0.1, 0.15) is 18.1 Å². The molecule has 0 amide bonds. The molecule has 0 aliphatic carbocycles. The lowest BCUT2D eigenvalue weighted by Gasteiger charge is -1.99. The topological polar surface area (TPSA) is 23.8 Å². The molecule has 0 bridgehead atoms. The van der Waals surface area contributed by atoms with Crippen LogP contribution < -0.4 is 0 Å². The molecular weight excluding hydrogens is 158 g/mol. The van der Waals surface area contributed by atoms with Gasteiger partial charge >= 0.3 is 0 Å². The van der Waals surface area contributed by atoms with E-state index in [0.29, 0.717) is 5.57 Å². The van der Waals surface area contributed by atoms with E-state index in [-0.39, 0.29) is 0 Å². The van der Waals surface area contributed by atoms with Crippen molar-refractivity contribution in [3.05, 3.63) is 47.5 Å². The molecule has 0 fully saturated rings. The van der Waals surface area contributed by atoms with E-state index >= 15 is 0 Å². The fourth-order valence-corrected chi connectivity index (χ4v) is 1.09. The Bertz CT molecular complexity index is 380. The second kappa shape index (κ2) is 4.27. The SMILES string of the molecule is C=Cc1ccccc1/C=C(\C)C#N. The van der Waals surface area contributed by atoms with Crippen LogP contribution in [0.4, 0.5) is 0 Å². The van der Waals surface area contributed by atoms with Gasteiger partial charge in [-0.1, -0.05) is 36.9 Å². The van der Waals surface area contributed by atoms with Crippen molar-refractivity contribution in [2.24, 2.45) is 0 Å². The van der Waals surface area contributed by atoms with Gasteiger partial charge in [0.2, 0.25) is 0 Å². The largest absolute Gasteiger partial charge is 0.193 e. The summed E-state index contributed by atoms with van der Waals surface area (Å²) in [6.45, 7) is 5.50. The van der Waals surface area contributed by atoms with Crippen LogP contribution in [0.25, 0.3) is 12.2 Å². The number of nitrogens with zero attached hydrogens (tertiary/aromatic N) is 1. The maximum Gasteiger partial charge on any atom is 0.0944 e. The van der Waals surface area contributed by atoms with Crippen LogP contribution in [-0.2, 0) is 0 Å². The second-order valence-electron chi connectivity index (χ2n) is 2.77. The van der Waals surface area contributed by atoms with Gasteiger partial charge in [-0.2, -0.15) is 5.26 Å². The Kier molecular flexibility index (Phi) is 3.05. The normalized spacial score (nSPS) is 10.6. The number of rotatable bonds is 2. The fourth-order valence-electron chi connectivity index (χ4n) is 1.09. The number of allylic oxidation sites excluding steroid dienone is 1. The standard InChI is InChI=1S/C12H11N/c1-3-11-6-4-5-7-12(11)8-10(2)9-13/h3-8H,1H2,2H3/b10-8+. The van der Waals surface area contributed by atoms with Crippen LogP contribution in [-0.4, -0.2) is 0 Å². The third-order valence-electron chi connectivity index (χ3n) is 1.76. The van der Waals surface area contributed by atoms with Crippen LogP contribution in [0.2, 0.25) is 0 Å². The number of hydrogen-bond acceptors (Lipinski definition) is 1. The molecule has 1 aromatic carbocycles. The van der Waals surface area contributed by atoms with E-state index in [1.165, 1.54) is 0 Å². The Labute approximate surface area is 78.6 Å². The van der Waals surface area contributed by atoms with Crippen molar-refractivity contribution in [1.82, 2.24) is 0 Å². The molecule has 1 rings (SSSR count). The Morgan fingerprint density at radius 1 is 1.38 bits per heavy atom. The van der Waals surface area contributed by atoms with E-state index in [1.807, 2.05) is 30.3 Å². The van der Waals surface area contributed by atoms with E-state index in [2.05, 4.69) is 12.6 Å². The van der Waals surface area contributed by atoms with E-state index in [1.54, 1.807) is 13.0 Å². The highest BCUT2D eigenvalue weighted by Gasteiger charge is 1.94. The van der Waals surface area contributed by atoms with Crippen molar-refractivity contribution in [3.8, 4) is 6.07 Å². The van der Waals surface area contributed by atoms with Crippen molar-refractivity contribution < 1.29 is 0 Å². The summed E-state index contributed by atoms with van der Waals surface area (Å²) in [6, 6.07) is 9.94. The average Bonchev–Trinajstić information content (AvgIpc) is 2.18. The summed E-state index contributed by atoms with van der Waals surface area (Å²) >= 11 is 0. The van der Waals surface area contributed by atoms with Crippen LogP contribution in [0.15, 0.2) is 36.4 Å². The summed E-state index contributed by atoms with van der Waals surface area (Å²) < 4.78 is 0. The van der Waals surface area contributed by atoms with Crippen molar-refractivity contribution in [1.29, 1.82) is 5.26 Å². The van der Waals surface area contributed by atoms with Crippen LogP contribution in [0, 0.1) is 11.3 Å². The van der Waals surface area contributed by atoms with Gasteiger partial charge in [0.15, 0.2) is 0 Å². The maximum atomic E-state index is 8.62. The van der Waals surface area contributed by atoms with Crippen molar-refractivity contribution in [2.75, 3.05) is 0 Å². The molecule has 0 saturated heterocycles. The summed E-state index contributed by atoms with van der Waals surface area (Å²) in [7, 11) is 0. The summed E-state index contributed by atoms with van der Waals surface area (Å²) in [5.74, 6) is 0. The highest BCUT2D eigenvalue weighted by atomic mass is 14.2. The first-order valence-electron chi connectivity index (χ1n) is 4.08. The summed E-state index contributed by atoms with van der Waals surface area (Å²) in [5, 5.41) is 8.62. The number of nitriles is 1. The van der Waals surface area contributed by atoms with Gasteiger partial charge in [-0.15, -0.1) is 0 Å². The third kappa shape index (κ3) is 2.31. The molecule has 0 aromatic heterocycles. The Morgan fingerprint density at radius 3 is 2.54 bits per heavy atom. The molecule has 0 spiro atoms. The van der Waals surface area contributed by atoms with Crippen molar-refractivity contribution in [3.63, 3.8) is 0 Å². The van der Waals surface area contributed by atoms with Crippen LogP contribution in [0.3, 0.4) is 0 Å². The third-order valence-corrected chi connectivity index (χ3v) is 1.76. The van der Waals surface area contributed by atoms with Crippen molar-refractivity contribution in [2.45, 2.75) is 6.92 Å². The van der Waals surface area contributed by atoms with Crippen LogP contribution >= 0.6 is 0 Å². The Morgan fingerprint density at radius 2 is 2.00 bits per heavy atom. The molecule has 1 heteroatoms. The van der Waals surface area contributed by atoms with E-state index in [9.17, 15) is 0 Å². The Balaban J connectivity index is 3.16. The number of benzene rings is 1. The predicted molar refractivity (Wildman–Crippen MR) is 55.8 cm³/mol. The molecule has 64 valence electrons. The first kappa shape index (κ1) is 9.28. The lowest BCUT2D eigenvalue weighted by atomic mass is 10.1. The van der Waals surface area contributed by atoms with Crippen LogP contribution in [0.5, 0.6) is 0 Å². The van der Waals surface area contributed by atoms with Gasteiger partial charge in [-0.3, -0.25) is 0 Å². The summed E-state index contributed by atoms with van der Waals surface area (Å²) in [5.41, 5.74) is 2.79. The first-order valence-corrected chi connectivity index (χ1v) is 4.08. The molecule has 13 heavy (non-hydrogen) atoms. The molecule has 0 saturated carbocycles. The molecule has 0 unspecified atom stereocenters. The molecular formula is C12H11N. The zero-order valence-electron chi connectivity index (χ0n) is 7.62. The summed E-state index contributed by atoms with van der Waals surface area (Å²) in [6.07, 6.45) is 3.65. The van der Waals surface area contributed by atoms with Gasteiger partial charge in [-0.25, -0.2) is 0 Å². The molecule has 0 radical (unpaired) electrons. The van der Waals surface area contributed by atoms with E-state index < -0.39 is 0 Å². The molecule has 0 N–H and O–H groups in total. The molecule has 0 atom stereocenters. The highest BCUT2D eigenvalue weighted by Crippen LogP contribution is 2.13. The smallest absolute Gasteiger partial charge is 0.0944 e. The molecule has 0 aliphatic rings. The fraction of sp³-hybridized carbons (Fsp3) is 0.0833. The molecule has 0 aliphatic heterocycles. The monoisotopic (exact) mass is 169 g/mol. The van der Waals surface area contributed by atoms with Gasteiger partial charge < -0.3 is 0 Å². The highest BCUT2D eigenvalue weighted by molar-refractivity contribution is 5.67. The molecule has 1 aromatic rings. The lowest BCUT2D eigenvalue weighted by molar-refractivity contribution is 1.45. The van der Waals surface area contributed by atoms with E-state index in [4.69, 9.17) is 5.26 Å². The molecule has 1 nitrogen and oxygen atoms in total. The number of hydrogen-bond donors (Lipinski definition) is 0. The van der Waals surface area contributed by atoms with Gasteiger partial charge in [0.25, 0.3) is 0 Å². The minimum atomic E-state index is 0.703. The van der Waals surface area contributed by atoms with Gasteiger partial charge in [0.05, 0.1) is 6.07 Å².